The molecule has 0 fully saturated rings. The molecule has 4 rings (SSSR count). The van der Waals surface area contributed by atoms with Crippen molar-refractivity contribution in [1.82, 2.24) is 0 Å². The largest absolute Gasteiger partial charge is 0.456 e. The van der Waals surface area contributed by atoms with Crippen molar-refractivity contribution in [3.05, 3.63) is 54.1 Å². The van der Waals surface area contributed by atoms with Gasteiger partial charge in [0.1, 0.15) is 11.2 Å². The molecule has 88 valence electrons. The van der Waals surface area contributed by atoms with Crippen LogP contribution in [0.15, 0.2) is 53.0 Å². The number of para-hydroxylation sites is 1. The number of benzene rings is 2. The maximum Gasteiger partial charge on any atom is 0.136 e. The summed E-state index contributed by atoms with van der Waals surface area (Å²) in [5.41, 5.74) is 4.82. The fourth-order valence-corrected chi connectivity index (χ4v) is 2.96. The van der Waals surface area contributed by atoms with Crippen LogP contribution in [-0.4, -0.2) is 0 Å². The molecule has 1 heterocycles. The monoisotopic (exact) mass is 234 g/mol. The smallest absolute Gasteiger partial charge is 0.136 e. The molecule has 0 amide bonds. The summed E-state index contributed by atoms with van der Waals surface area (Å²) in [6.45, 7) is 0. The third-order valence-corrected chi connectivity index (χ3v) is 3.79. The molecule has 0 saturated carbocycles. The average molecular weight is 234 g/mol. The van der Waals surface area contributed by atoms with Gasteiger partial charge >= 0.3 is 0 Å². The van der Waals surface area contributed by atoms with Gasteiger partial charge in [0, 0.05) is 10.8 Å². The van der Waals surface area contributed by atoms with E-state index in [1.807, 2.05) is 12.1 Å². The lowest BCUT2D eigenvalue weighted by Crippen LogP contribution is -1.81. The highest BCUT2D eigenvalue weighted by Gasteiger charge is 2.14. The zero-order valence-corrected chi connectivity index (χ0v) is 10.1. The van der Waals surface area contributed by atoms with Crippen LogP contribution in [0.5, 0.6) is 0 Å². The number of allylic oxidation sites excluding steroid dienone is 2. The Bertz CT molecular complexity index is 761. The SMILES string of the molecule is C1=C(c2cccc3oc4ccccc4c23)CCC1. The Morgan fingerprint density at radius 1 is 0.889 bits per heavy atom. The zero-order valence-electron chi connectivity index (χ0n) is 10.1. The molecule has 0 N–H and O–H groups in total. The molecule has 1 aliphatic carbocycles. The molecule has 0 radical (unpaired) electrons. The summed E-state index contributed by atoms with van der Waals surface area (Å²) >= 11 is 0. The van der Waals surface area contributed by atoms with Crippen LogP contribution in [0.2, 0.25) is 0 Å². The van der Waals surface area contributed by atoms with Crippen molar-refractivity contribution in [3.63, 3.8) is 0 Å². The fourth-order valence-electron chi connectivity index (χ4n) is 2.96. The van der Waals surface area contributed by atoms with E-state index in [0.29, 0.717) is 0 Å². The third-order valence-electron chi connectivity index (χ3n) is 3.79. The van der Waals surface area contributed by atoms with E-state index in [9.17, 15) is 0 Å². The topological polar surface area (TPSA) is 13.1 Å². The minimum Gasteiger partial charge on any atom is -0.456 e. The van der Waals surface area contributed by atoms with Gasteiger partial charge < -0.3 is 4.42 Å². The van der Waals surface area contributed by atoms with Crippen LogP contribution in [0.25, 0.3) is 27.5 Å². The molecule has 0 saturated heterocycles. The summed E-state index contributed by atoms with van der Waals surface area (Å²) in [6.07, 6.45) is 6.05. The lowest BCUT2D eigenvalue weighted by Gasteiger charge is -2.03. The van der Waals surface area contributed by atoms with E-state index in [4.69, 9.17) is 4.42 Å². The molecule has 1 nitrogen and oxygen atoms in total. The Labute approximate surface area is 106 Å². The molecule has 18 heavy (non-hydrogen) atoms. The molecule has 1 aliphatic rings. The van der Waals surface area contributed by atoms with Gasteiger partial charge in [0.25, 0.3) is 0 Å². The molecule has 2 aromatic carbocycles. The Morgan fingerprint density at radius 2 is 1.78 bits per heavy atom. The predicted molar refractivity (Wildman–Crippen MR) is 75.5 cm³/mol. The molecular formula is C17H14O. The van der Waals surface area contributed by atoms with Gasteiger partial charge in [0.15, 0.2) is 0 Å². The van der Waals surface area contributed by atoms with E-state index in [1.54, 1.807) is 0 Å². The second kappa shape index (κ2) is 3.74. The van der Waals surface area contributed by atoms with Crippen molar-refractivity contribution < 1.29 is 4.42 Å². The van der Waals surface area contributed by atoms with Gasteiger partial charge in [-0.15, -0.1) is 0 Å². The van der Waals surface area contributed by atoms with Gasteiger partial charge in [0.05, 0.1) is 0 Å². The lowest BCUT2D eigenvalue weighted by atomic mass is 9.99. The summed E-state index contributed by atoms with van der Waals surface area (Å²) < 4.78 is 5.93. The maximum absolute atomic E-state index is 5.93. The minimum absolute atomic E-state index is 0.985. The van der Waals surface area contributed by atoms with Crippen molar-refractivity contribution in [1.29, 1.82) is 0 Å². The van der Waals surface area contributed by atoms with E-state index in [2.05, 4.69) is 36.4 Å². The molecule has 0 atom stereocenters. The van der Waals surface area contributed by atoms with Crippen LogP contribution < -0.4 is 0 Å². The molecule has 0 aliphatic heterocycles. The molecule has 1 heteroatoms. The lowest BCUT2D eigenvalue weighted by molar-refractivity contribution is 0.669. The van der Waals surface area contributed by atoms with E-state index >= 15 is 0 Å². The van der Waals surface area contributed by atoms with Crippen molar-refractivity contribution in [2.24, 2.45) is 0 Å². The van der Waals surface area contributed by atoms with Crippen molar-refractivity contribution in [2.45, 2.75) is 19.3 Å². The fraction of sp³-hybridized carbons (Fsp3) is 0.176. The quantitative estimate of drug-likeness (QED) is 0.567. The van der Waals surface area contributed by atoms with E-state index < -0.39 is 0 Å². The maximum atomic E-state index is 5.93. The van der Waals surface area contributed by atoms with Gasteiger partial charge in [-0.05, 0) is 42.5 Å². The number of hydrogen-bond acceptors (Lipinski definition) is 1. The van der Waals surface area contributed by atoms with Gasteiger partial charge in [-0.1, -0.05) is 36.4 Å². The Balaban J connectivity index is 2.13. The van der Waals surface area contributed by atoms with Gasteiger partial charge in [0.2, 0.25) is 0 Å². The van der Waals surface area contributed by atoms with Crippen molar-refractivity contribution in [2.75, 3.05) is 0 Å². The predicted octanol–water partition coefficient (Wildman–Crippen LogP) is 5.15. The highest BCUT2D eigenvalue weighted by atomic mass is 16.3. The van der Waals surface area contributed by atoms with Crippen LogP contribution in [0.4, 0.5) is 0 Å². The Hall–Kier alpha value is -2.02. The summed E-state index contributed by atoms with van der Waals surface area (Å²) in [7, 11) is 0. The molecule has 0 spiro atoms. The number of hydrogen-bond donors (Lipinski definition) is 0. The third kappa shape index (κ3) is 1.34. The van der Waals surface area contributed by atoms with Crippen LogP contribution in [0.3, 0.4) is 0 Å². The van der Waals surface area contributed by atoms with E-state index in [0.717, 1.165) is 11.2 Å². The second-order valence-corrected chi connectivity index (χ2v) is 4.90. The average Bonchev–Trinajstić information content (AvgIpc) is 3.05. The van der Waals surface area contributed by atoms with E-state index in [-0.39, 0.29) is 0 Å². The van der Waals surface area contributed by atoms with Gasteiger partial charge in [-0.25, -0.2) is 0 Å². The highest BCUT2D eigenvalue weighted by Crippen LogP contribution is 2.37. The molecular weight excluding hydrogens is 220 g/mol. The first-order valence-electron chi connectivity index (χ1n) is 6.53. The minimum atomic E-state index is 0.985. The molecule has 1 aromatic heterocycles. The van der Waals surface area contributed by atoms with E-state index in [1.165, 1.54) is 41.2 Å². The Kier molecular flexibility index (Phi) is 2.07. The van der Waals surface area contributed by atoms with Crippen LogP contribution in [0, 0.1) is 0 Å². The first-order valence-corrected chi connectivity index (χ1v) is 6.53. The summed E-state index contributed by atoms with van der Waals surface area (Å²) in [4.78, 5) is 0. The first kappa shape index (κ1) is 9.95. The Morgan fingerprint density at radius 3 is 2.67 bits per heavy atom. The summed E-state index contributed by atoms with van der Waals surface area (Å²) in [5, 5.41) is 2.51. The van der Waals surface area contributed by atoms with Gasteiger partial charge in [-0.2, -0.15) is 0 Å². The zero-order chi connectivity index (χ0) is 11.9. The highest BCUT2D eigenvalue weighted by molar-refractivity contribution is 6.10. The first-order chi connectivity index (χ1) is 8.93. The molecule has 3 aromatic rings. The van der Waals surface area contributed by atoms with Crippen molar-refractivity contribution >= 4 is 27.5 Å². The molecule has 0 bridgehead atoms. The van der Waals surface area contributed by atoms with Crippen LogP contribution in [-0.2, 0) is 0 Å². The number of furan rings is 1. The number of fused-ring (bicyclic) bond motifs is 3. The van der Waals surface area contributed by atoms with Crippen LogP contribution in [0.1, 0.15) is 24.8 Å². The second-order valence-electron chi connectivity index (χ2n) is 4.90. The molecule has 0 unspecified atom stereocenters. The van der Waals surface area contributed by atoms with Crippen molar-refractivity contribution in [3.8, 4) is 0 Å². The summed E-state index contributed by atoms with van der Waals surface area (Å²) in [5.74, 6) is 0. The normalized spacial score (nSPS) is 15.4. The standard InChI is InChI=1S/C17H14O/c1-2-7-12(6-1)13-9-5-11-16-17(13)14-8-3-4-10-15(14)18-16/h3-6,8-11H,1-2,7H2. The van der Waals surface area contributed by atoms with Gasteiger partial charge in [-0.3, -0.25) is 0 Å². The number of rotatable bonds is 1. The summed E-state index contributed by atoms with van der Waals surface area (Å²) in [6, 6.07) is 14.7. The van der Waals surface area contributed by atoms with Crippen LogP contribution >= 0.6 is 0 Å².